The molecule has 2 aliphatic rings. The van der Waals surface area contributed by atoms with Crippen LogP contribution in [0.25, 0.3) is 6.08 Å². The van der Waals surface area contributed by atoms with Crippen LogP contribution in [0, 0.1) is 6.92 Å². The predicted octanol–water partition coefficient (Wildman–Crippen LogP) is 4.37. The van der Waals surface area contributed by atoms with Crippen molar-refractivity contribution < 1.29 is 19.1 Å². The number of carbonyl (C=O) groups excluding carboxylic acids is 3. The molecule has 6 heteroatoms. The first-order valence-electron chi connectivity index (χ1n) is 10.7. The van der Waals surface area contributed by atoms with Gasteiger partial charge >= 0.3 is 6.03 Å². The van der Waals surface area contributed by atoms with E-state index in [0.717, 1.165) is 43.2 Å². The molecule has 31 heavy (non-hydrogen) atoms. The number of barbiturate groups is 1. The largest absolute Gasteiger partial charge is 0.488 e. The molecule has 0 atom stereocenters. The minimum Gasteiger partial charge on any atom is -0.488 e. The number of hydrogen-bond donors (Lipinski definition) is 1. The summed E-state index contributed by atoms with van der Waals surface area (Å²) >= 11 is 0. The highest BCUT2D eigenvalue weighted by Crippen LogP contribution is 2.28. The lowest BCUT2D eigenvalue weighted by Gasteiger charge is -2.35. The van der Waals surface area contributed by atoms with Crippen LogP contribution in [-0.2, 0) is 16.2 Å². The smallest absolute Gasteiger partial charge is 0.331 e. The van der Waals surface area contributed by atoms with Gasteiger partial charge in [-0.2, -0.15) is 0 Å². The molecule has 0 bridgehead atoms. The van der Waals surface area contributed by atoms with E-state index in [-0.39, 0.29) is 11.6 Å². The molecule has 0 unspecified atom stereocenters. The SMILES string of the molecule is Cc1cccc(COc2ccccc2C=C2C(=O)NC(=O)N(C3CCCCC3)C2=O)c1. The molecule has 2 aromatic rings. The van der Waals surface area contributed by atoms with E-state index in [0.29, 0.717) is 17.9 Å². The molecule has 0 spiro atoms. The van der Waals surface area contributed by atoms with Gasteiger partial charge in [0.25, 0.3) is 11.8 Å². The number of ether oxygens (including phenoxy) is 1. The summed E-state index contributed by atoms with van der Waals surface area (Å²) in [7, 11) is 0. The van der Waals surface area contributed by atoms with Gasteiger partial charge in [-0.15, -0.1) is 0 Å². The number of benzene rings is 2. The van der Waals surface area contributed by atoms with Crippen LogP contribution in [0.2, 0.25) is 0 Å². The van der Waals surface area contributed by atoms with Gasteiger partial charge in [0, 0.05) is 11.6 Å². The molecule has 6 nitrogen and oxygen atoms in total. The molecule has 160 valence electrons. The highest BCUT2D eigenvalue weighted by Gasteiger charge is 2.40. The van der Waals surface area contributed by atoms with Crippen LogP contribution < -0.4 is 10.1 Å². The van der Waals surface area contributed by atoms with Gasteiger partial charge in [0.05, 0.1) is 0 Å². The summed E-state index contributed by atoms with van der Waals surface area (Å²) in [6.07, 6.45) is 6.13. The van der Waals surface area contributed by atoms with Crippen LogP contribution in [0.15, 0.2) is 54.1 Å². The standard InChI is InChI=1S/C25H26N2O4/c1-17-8-7-9-18(14-17)16-31-22-13-6-5-10-19(22)15-21-23(28)26-25(30)27(24(21)29)20-11-3-2-4-12-20/h5-10,13-15,20H,2-4,11-12,16H2,1H3,(H,26,28,30). The number of nitrogens with zero attached hydrogens (tertiary/aromatic N) is 1. The van der Waals surface area contributed by atoms with Gasteiger partial charge < -0.3 is 4.74 Å². The van der Waals surface area contributed by atoms with Crippen molar-refractivity contribution in [1.29, 1.82) is 0 Å². The number of urea groups is 1. The van der Waals surface area contributed by atoms with Gasteiger partial charge in [-0.1, -0.05) is 67.3 Å². The van der Waals surface area contributed by atoms with Gasteiger partial charge in [-0.05, 0) is 37.5 Å². The molecular formula is C25H26N2O4. The maximum Gasteiger partial charge on any atom is 0.331 e. The quantitative estimate of drug-likeness (QED) is 0.578. The Morgan fingerprint density at radius 2 is 1.81 bits per heavy atom. The van der Waals surface area contributed by atoms with Crippen molar-refractivity contribution in [2.45, 2.75) is 51.7 Å². The van der Waals surface area contributed by atoms with E-state index in [4.69, 9.17) is 4.74 Å². The summed E-state index contributed by atoms with van der Waals surface area (Å²) < 4.78 is 5.99. The maximum atomic E-state index is 13.1. The highest BCUT2D eigenvalue weighted by molar-refractivity contribution is 6.31. The normalized spacial score (nSPS) is 18.9. The van der Waals surface area contributed by atoms with E-state index >= 15 is 0 Å². The molecule has 0 aromatic heterocycles. The lowest BCUT2D eigenvalue weighted by molar-refractivity contribution is -0.132. The Balaban J connectivity index is 1.58. The van der Waals surface area contributed by atoms with E-state index in [9.17, 15) is 14.4 Å². The minimum atomic E-state index is -0.671. The van der Waals surface area contributed by atoms with Crippen molar-refractivity contribution in [2.75, 3.05) is 0 Å². The third-order valence-electron chi connectivity index (χ3n) is 5.77. The molecule has 1 aliphatic heterocycles. The zero-order chi connectivity index (χ0) is 21.8. The number of carbonyl (C=O) groups is 3. The third-order valence-corrected chi connectivity index (χ3v) is 5.77. The lowest BCUT2D eigenvalue weighted by Crippen LogP contribution is -2.58. The predicted molar refractivity (Wildman–Crippen MR) is 117 cm³/mol. The Bertz CT molecular complexity index is 1040. The molecule has 0 radical (unpaired) electrons. The summed E-state index contributed by atoms with van der Waals surface area (Å²) in [6.45, 7) is 2.39. The number of aryl methyl sites for hydroxylation is 1. The summed E-state index contributed by atoms with van der Waals surface area (Å²) in [5, 5.41) is 2.33. The van der Waals surface area contributed by atoms with Crippen molar-refractivity contribution in [3.63, 3.8) is 0 Å². The van der Waals surface area contributed by atoms with Crippen molar-refractivity contribution in [2.24, 2.45) is 0 Å². The van der Waals surface area contributed by atoms with E-state index in [1.54, 1.807) is 12.1 Å². The van der Waals surface area contributed by atoms with Crippen LogP contribution in [-0.4, -0.2) is 28.8 Å². The molecule has 1 aliphatic carbocycles. The Hall–Kier alpha value is -3.41. The van der Waals surface area contributed by atoms with Crippen LogP contribution in [0.1, 0.15) is 48.8 Å². The molecule has 4 rings (SSSR count). The second-order valence-corrected chi connectivity index (χ2v) is 8.10. The number of para-hydroxylation sites is 1. The van der Waals surface area contributed by atoms with Gasteiger partial charge in [0.15, 0.2) is 0 Å². The average molecular weight is 418 g/mol. The molecule has 2 aromatic carbocycles. The van der Waals surface area contributed by atoms with E-state index in [1.165, 1.54) is 11.0 Å². The van der Waals surface area contributed by atoms with Gasteiger partial charge in [-0.25, -0.2) is 4.79 Å². The topological polar surface area (TPSA) is 75.7 Å². The number of amides is 4. The lowest BCUT2D eigenvalue weighted by atomic mass is 9.93. The van der Waals surface area contributed by atoms with Gasteiger partial charge in [0.1, 0.15) is 17.9 Å². The molecule has 1 saturated heterocycles. The summed E-state index contributed by atoms with van der Waals surface area (Å²) in [4.78, 5) is 39.2. The first-order valence-corrected chi connectivity index (χ1v) is 10.7. The van der Waals surface area contributed by atoms with Crippen LogP contribution in [0.3, 0.4) is 0 Å². The summed E-state index contributed by atoms with van der Waals surface area (Å²) in [5.41, 5.74) is 2.75. The summed E-state index contributed by atoms with van der Waals surface area (Å²) in [6, 6.07) is 14.5. The molecular weight excluding hydrogens is 392 g/mol. The average Bonchev–Trinajstić information content (AvgIpc) is 2.76. The Morgan fingerprint density at radius 1 is 1.03 bits per heavy atom. The monoisotopic (exact) mass is 418 g/mol. The van der Waals surface area contributed by atoms with E-state index < -0.39 is 17.8 Å². The zero-order valence-corrected chi connectivity index (χ0v) is 17.6. The minimum absolute atomic E-state index is 0.0446. The van der Waals surface area contributed by atoms with Gasteiger partial charge in [-0.3, -0.25) is 19.8 Å². The van der Waals surface area contributed by atoms with Crippen LogP contribution in [0.4, 0.5) is 4.79 Å². The first kappa shape index (κ1) is 20.8. The van der Waals surface area contributed by atoms with Crippen molar-refractivity contribution >= 4 is 23.9 Å². The number of nitrogens with one attached hydrogen (secondary N) is 1. The Kier molecular flexibility index (Phi) is 6.16. The molecule has 1 heterocycles. The van der Waals surface area contributed by atoms with E-state index in [1.807, 2.05) is 43.3 Å². The fourth-order valence-corrected chi connectivity index (χ4v) is 4.19. The highest BCUT2D eigenvalue weighted by atomic mass is 16.5. The fourth-order valence-electron chi connectivity index (χ4n) is 4.19. The maximum absolute atomic E-state index is 13.1. The van der Waals surface area contributed by atoms with E-state index in [2.05, 4.69) is 5.32 Å². The number of imide groups is 2. The third kappa shape index (κ3) is 4.68. The molecule has 2 fully saturated rings. The first-order chi connectivity index (χ1) is 15.0. The zero-order valence-electron chi connectivity index (χ0n) is 17.6. The Morgan fingerprint density at radius 3 is 2.58 bits per heavy atom. The van der Waals surface area contributed by atoms with Crippen LogP contribution >= 0.6 is 0 Å². The molecule has 4 amide bonds. The van der Waals surface area contributed by atoms with Crippen LogP contribution in [0.5, 0.6) is 5.75 Å². The summed E-state index contributed by atoms with van der Waals surface area (Å²) in [5.74, 6) is -0.636. The van der Waals surface area contributed by atoms with Crippen molar-refractivity contribution in [3.8, 4) is 5.75 Å². The molecule has 1 N–H and O–H groups in total. The Labute approximate surface area is 181 Å². The number of hydrogen-bond acceptors (Lipinski definition) is 4. The van der Waals surface area contributed by atoms with Crippen molar-refractivity contribution in [3.05, 3.63) is 70.8 Å². The second-order valence-electron chi connectivity index (χ2n) is 8.10. The fraction of sp³-hybridized carbons (Fsp3) is 0.320. The molecule has 1 saturated carbocycles. The van der Waals surface area contributed by atoms with Crippen molar-refractivity contribution in [1.82, 2.24) is 10.2 Å². The second kappa shape index (κ2) is 9.16. The van der Waals surface area contributed by atoms with Gasteiger partial charge in [0.2, 0.25) is 0 Å². The number of rotatable bonds is 5.